The highest BCUT2D eigenvalue weighted by molar-refractivity contribution is 9.10. The molecule has 0 radical (unpaired) electrons. The molecule has 1 amide bonds. The van der Waals surface area contributed by atoms with Gasteiger partial charge >= 0.3 is 0 Å². The standard InChI is InChI=1S/C15H20BrClN2O/c1-19(12-4-2-3-5-12)9-8-18-15(20)13-10-11(16)6-7-14(13)17/h6-7,10,12H,2-5,8-9H2,1H3,(H,18,20). The van der Waals surface area contributed by atoms with Gasteiger partial charge in [0.25, 0.3) is 5.91 Å². The van der Waals surface area contributed by atoms with Gasteiger partial charge in [0.15, 0.2) is 0 Å². The molecule has 0 aromatic heterocycles. The van der Waals surface area contributed by atoms with E-state index in [1.165, 1.54) is 25.7 Å². The molecule has 1 fully saturated rings. The Morgan fingerprint density at radius 2 is 2.15 bits per heavy atom. The second-order valence-corrected chi connectivity index (χ2v) is 6.62. The van der Waals surface area contributed by atoms with Crippen molar-refractivity contribution >= 4 is 33.4 Å². The molecular formula is C15H20BrClN2O. The highest BCUT2D eigenvalue weighted by atomic mass is 79.9. The second kappa shape index (κ2) is 7.43. The zero-order valence-corrected chi connectivity index (χ0v) is 14.0. The highest BCUT2D eigenvalue weighted by Crippen LogP contribution is 2.22. The summed E-state index contributed by atoms with van der Waals surface area (Å²) in [7, 11) is 2.13. The van der Waals surface area contributed by atoms with Gasteiger partial charge in [0.1, 0.15) is 0 Å². The van der Waals surface area contributed by atoms with Crippen molar-refractivity contribution in [3.05, 3.63) is 33.3 Å². The lowest BCUT2D eigenvalue weighted by molar-refractivity contribution is 0.0947. The number of hydrogen-bond donors (Lipinski definition) is 1. The third-order valence-electron chi connectivity index (χ3n) is 3.87. The van der Waals surface area contributed by atoms with Gasteiger partial charge in [-0.1, -0.05) is 40.4 Å². The van der Waals surface area contributed by atoms with Crippen LogP contribution in [0.2, 0.25) is 5.02 Å². The summed E-state index contributed by atoms with van der Waals surface area (Å²) in [6.45, 7) is 1.52. The summed E-state index contributed by atoms with van der Waals surface area (Å²) in [6.07, 6.45) is 5.22. The molecule has 0 heterocycles. The summed E-state index contributed by atoms with van der Waals surface area (Å²) in [5.74, 6) is -0.115. The number of carbonyl (C=O) groups excluding carboxylic acids is 1. The van der Waals surface area contributed by atoms with Crippen LogP contribution in [0.1, 0.15) is 36.0 Å². The number of halogens is 2. The van der Waals surface area contributed by atoms with Gasteiger partial charge in [-0.15, -0.1) is 0 Å². The van der Waals surface area contributed by atoms with E-state index < -0.39 is 0 Å². The third kappa shape index (κ3) is 4.21. The number of likely N-dealkylation sites (N-methyl/N-ethyl adjacent to an activating group) is 1. The Kier molecular flexibility index (Phi) is 5.87. The number of carbonyl (C=O) groups is 1. The second-order valence-electron chi connectivity index (χ2n) is 5.30. The molecule has 1 aliphatic rings. The number of benzene rings is 1. The fourth-order valence-electron chi connectivity index (χ4n) is 2.64. The van der Waals surface area contributed by atoms with Crippen LogP contribution in [0.4, 0.5) is 0 Å². The molecule has 1 saturated carbocycles. The maximum atomic E-state index is 12.1. The van der Waals surface area contributed by atoms with Gasteiger partial charge in [-0.05, 0) is 38.1 Å². The van der Waals surface area contributed by atoms with E-state index in [9.17, 15) is 4.79 Å². The Labute approximate surface area is 133 Å². The van der Waals surface area contributed by atoms with Crippen LogP contribution in [-0.2, 0) is 0 Å². The maximum Gasteiger partial charge on any atom is 0.252 e. The minimum absolute atomic E-state index is 0.115. The number of hydrogen-bond acceptors (Lipinski definition) is 2. The van der Waals surface area contributed by atoms with Crippen molar-refractivity contribution < 1.29 is 4.79 Å². The molecule has 1 N–H and O–H groups in total. The van der Waals surface area contributed by atoms with E-state index in [1.54, 1.807) is 12.1 Å². The first kappa shape index (κ1) is 15.8. The van der Waals surface area contributed by atoms with E-state index in [2.05, 4.69) is 33.2 Å². The fourth-order valence-corrected chi connectivity index (χ4v) is 3.20. The lowest BCUT2D eigenvalue weighted by Gasteiger charge is -2.23. The molecule has 0 saturated heterocycles. The first-order valence-electron chi connectivity index (χ1n) is 7.01. The Morgan fingerprint density at radius 1 is 1.45 bits per heavy atom. The Hall–Kier alpha value is -0.580. The molecule has 0 bridgehead atoms. The van der Waals surface area contributed by atoms with Gasteiger partial charge in [-0.3, -0.25) is 4.79 Å². The van der Waals surface area contributed by atoms with Crippen LogP contribution in [0.3, 0.4) is 0 Å². The van der Waals surface area contributed by atoms with Crippen molar-refractivity contribution in [1.29, 1.82) is 0 Å². The Morgan fingerprint density at radius 3 is 2.85 bits per heavy atom. The monoisotopic (exact) mass is 358 g/mol. The topological polar surface area (TPSA) is 32.3 Å². The van der Waals surface area contributed by atoms with Gasteiger partial charge in [0.2, 0.25) is 0 Å². The molecular weight excluding hydrogens is 340 g/mol. The zero-order chi connectivity index (χ0) is 14.5. The highest BCUT2D eigenvalue weighted by Gasteiger charge is 2.19. The molecule has 0 atom stereocenters. The van der Waals surface area contributed by atoms with E-state index in [0.29, 0.717) is 23.2 Å². The molecule has 0 aliphatic heterocycles. The first-order chi connectivity index (χ1) is 9.58. The average molecular weight is 360 g/mol. The van der Waals surface area contributed by atoms with E-state index in [-0.39, 0.29) is 5.91 Å². The van der Waals surface area contributed by atoms with Crippen LogP contribution >= 0.6 is 27.5 Å². The summed E-state index contributed by atoms with van der Waals surface area (Å²) in [6, 6.07) is 5.98. The minimum atomic E-state index is -0.115. The van der Waals surface area contributed by atoms with Gasteiger partial charge in [-0.25, -0.2) is 0 Å². The van der Waals surface area contributed by atoms with E-state index in [1.807, 2.05) is 6.07 Å². The van der Waals surface area contributed by atoms with E-state index in [4.69, 9.17) is 11.6 Å². The van der Waals surface area contributed by atoms with Crippen molar-refractivity contribution in [2.45, 2.75) is 31.7 Å². The van der Waals surface area contributed by atoms with Gasteiger partial charge < -0.3 is 10.2 Å². The van der Waals surface area contributed by atoms with Crippen LogP contribution in [0.15, 0.2) is 22.7 Å². The van der Waals surface area contributed by atoms with Crippen LogP contribution in [-0.4, -0.2) is 37.0 Å². The molecule has 2 rings (SSSR count). The molecule has 0 unspecified atom stereocenters. The predicted octanol–water partition coefficient (Wildman–Crippen LogP) is 3.71. The van der Waals surface area contributed by atoms with E-state index in [0.717, 1.165) is 11.0 Å². The summed E-state index contributed by atoms with van der Waals surface area (Å²) >= 11 is 9.40. The third-order valence-corrected chi connectivity index (χ3v) is 4.69. The van der Waals surface area contributed by atoms with Gasteiger partial charge in [0.05, 0.1) is 10.6 Å². The zero-order valence-electron chi connectivity index (χ0n) is 11.7. The summed E-state index contributed by atoms with van der Waals surface area (Å²) in [5, 5.41) is 3.42. The molecule has 1 aromatic carbocycles. The van der Waals surface area contributed by atoms with Crippen LogP contribution < -0.4 is 5.32 Å². The average Bonchev–Trinajstić information content (AvgIpc) is 2.95. The summed E-state index contributed by atoms with van der Waals surface area (Å²) in [5.41, 5.74) is 0.518. The Bertz CT molecular complexity index is 475. The summed E-state index contributed by atoms with van der Waals surface area (Å²) in [4.78, 5) is 14.4. The van der Waals surface area contributed by atoms with Crippen molar-refractivity contribution in [3.8, 4) is 0 Å². The van der Waals surface area contributed by atoms with Gasteiger partial charge in [0, 0.05) is 23.6 Å². The van der Waals surface area contributed by atoms with Crippen LogP contribution in [0.25, 0.3) is 0 Å². The quantitative estimate of drug-likeness (QED) is 0.869. The lowest BCUT2D eigenvalue weighted by atomic mass is 10.2. The molecule has 1 aliphatic carbocycles. The Balaban J connectivity index is 1.81. The van der Waals surface area contributed by atoms with Crippen molar-refractivity contribution in [2.24, 2.45) is 0 Å². The molecule has 110 valence electrons. The molecule has 5 heteroatoms. The number of rotatable bonds is 5. The molecule has 1 aromatic rings. The number of nitrogens with zero attached hydrogens (tertiary/aromatic N) is 1. The first-order valence-corrected chi connectivity index (χ1v) is 8.18. The summed E-state index contributed by atoms with van der Waals surface area (Å²) < 4.78 is 0.857. The van der Waals surface area contributed by atoms with Crippen molar-refractivity contribution in [2.75, 3.05) is 20.1 Å². The normalized spacial score (nSPS) is 15.8. The van der Waals surface area contributed by atoms with Crippen molar-refractivity contribution in [1.82, 2.24) is 10.2 Å². The SMILES string of the molecule is CN(CCNC(=O)c1cc(Br)ccc1Cl)C1CCCC1. The molecule has 3 nitrogen and oxygen atoms in total. The van der Waals surface area contributed by atoms with Gasteiger partial charge in [-0.2, -0.15) is 0 Å². The smallest absolute Gasteiger partial charge is 0.252 e. The van der Waals surface area contributed by atoms with Crippen LogP contribution in [0.5, 0.6) is 0 Å². The number of amides is 1. The molecule has 0 spiro atoms. The lowest BCUT2D eigenvalue weighted by Crippen LogP contribution is -2.37. The van der Waals surface area contributed by atoms with Crippen molar-refractivity contribution in [3.63, 3.8) is 0 Å². The maximum absolute atomic E-state index is 12.1. The largest absolute Gasteiger partial charge is 0.351 e. The molecule has 20 heavy (non-hydrogen) atoms. The number of nitrogens with one attached hydrogen (secondary N) is 1. The van der Waals surface area contributed by atoms with Crippen LogP contribution in [0, 0.1) is 0 Å². The predicted molar refractivity (Wildman–Crippen MR) is 86.4 cm³/mol. The van der Waals surface area contributed by atoms with E-state index >= 15 is 0 Å². The minimum Gasteiger partial charge on any atom is -0.351 e. The fraction of sp³-hybridized carbons (Fsp3) is 0.533.